The highest BCUT2D eigenvalue weighted by Gasteiger charge is 2.33. The maximum absolute atomic E-state index is 12.5. The molecule has 0 aliphatic heterocycles. The topological polar surface area (TPSA) is 191 Å². The summed E-state index contributed by atoms with van der Waals surface area (Å²) in [6.07, 6.45) is -0.793. The molecule has 0 aromatic carbocycles. The van der Waals surface area contributed by atoms with Crippen LogP contribution in [0.5, 0.6) is 0 Å². The number of rotatable bonds is 11. The lowest BCUT2D eigenvalue weighted by atomic mass is 9.97. The molecular weight excluding hydrogens is 360 g/mol. The summed E-state index contributed by atoms with van der Waals surface area (Å²) in [7, 11) is 0. The van der Waals surface area contributed by atoms with Crippen LogP contribution in [0.15, 0.2) is 0 Å². The van der Waals surface area contributed by atoms with Gasteiger partial charge < -0.3 is 37.0 Å². The largest absolute Gasteiger partial charge is 0.480 e. The molecule has 8 N–H and O–H groups in total. The minimum absolute atomic E-state index is 0.388. The minimum atomic E-state index is -1.52. The Bertz CT molecular complexity index is 539. The third-order valence-corrected chi connectivity index (χ3v) is 4.07. The first kappa shape index (κ1) is 24.8. The molecule has 0 aromatic heterocycles. The van der Waals surface area contributed by atoms with E-state index in [1.165, 1.54) is 13.8 Å². The molecule has 0 aliphatic rings. The van der Waals surface area contributed by atoms with Gasteiger partial charge in [0.25, 0.3) is 0 Å². The lowest BCUT2D eigenvalue weighted by Crippen LogP contribution is -2.61. The molecular formula is C16H30N4O7. The van der Waals surface area contributed by atoms with E-state index in [2.05, 4.69) is 16.0 Å². The highest BCUT2D eigenvalue weighted by molar-refractivity contribution is 5.94. The number of aliphatic carboxylic acids is 1. The molecule has 27 heavy (non-hydrogen) atoms. The molecule has 0 heterocycles. The van der Waals surface area contributed by atoms with E-state index < -0.39 is 60.6 Å². The van der Waals surface area contributed by atoms with Crippen LogP contribution in [0.4, 0.5) is 0 Å². The molecule has 0 saturated heterocycles. The number of carbonyl (C=O) groups excluding carboxylic acids is 3. The summed E-state index contributed by atoms with van der Waals surface area (Å²) < 4.78 is 0. The number of aliphatic hydroxyl groups excluding tert-OH is 2. The second kappa shape index (κ2) is 11.5. The fourth-order valence-corrected chi connectivity index (χ4v) is 2.08. The van der Waals surface area contributed by atoms with Gasteiger partial charge in [-0.05, 0) is 19.8 Å². The summed E-state index contributed by atoms with van der Waals surface area (Å²) >= 11 is 0. The first-order chi connectivity index (χ1) is 12.5. The normalized spacial score (nSPS) is 17.6. The molecule has 156 valence electrons. The molecule has 11 heteroatoms. The van der Waals surface area contributed by atoms with Crippen molar-refractivity contribution in [2.75, 3.05) is 6.61 Å². The Balaban J connectivity index is 5.35. The van der Waals surface area contributed by atoms with E-state index in [0.717, 1.165) is 0 Å². The van der Waals surface area contributed by atoms with Gasteiger partial charge in [0.15, 0.2) is 0 Å². The summed E-state index contributed by atoms with van der Waals surface area (Å²) in [4.78, 5) is 47.6. The number of hydrogen-bond acceptors (Lipinski definition) is 7. The molecule has 0 spiro atoms. The number of amides is 3. The third kappa shape index (κ3) is 7.89. The maximum atomic E-state index is 12.5. The van der Waals surface area contributed by atoms with Crippen molar-refractivity contribution in [3.63, 3.8) is 0 Å². The molecule has 6 unspecified atom stereocenters. The maximum Gasteiger partial charge on any atom is 0.328 e. The standard InChI is InChI=1S/C16H30N4O7/c1-5-7(2)11(14(24)18-10(6-21)16(26)27)19-15(25)12(9(4)22)20-13(23)8(3)17/h7-12,21-22H,5-6,17H2,1-4H3,(H,18,24)(H,19,25)(H,20,23)(H,26,27). The van der Waals surface area contributed by atoms with Crippen molar-refractivity contribution >= 4 is 23.7 Å². The zero-order valence-corrected chi connectivity index (χ0v) is 15.9. The zero-order valence-electron chi connectivity index (χ0n) is 15.9. The number of hydrogen-bond donors (Lipinski definition) is 7. The van der Waals surface area contributed by atoms with E-state index >= 15 is 0 Å². The van der Waals surface area contributed by atoms with Gasteiger partial charge in [-0.25, -0.2) is 4.79 Å². The van der Waals surface area contributed by atoms with Gasteiger partial charge in [-0.2, -0.15) is 0 Å². The van der Waals surface area contributed by atoms with Crippen LogP contribution in [-0.2, 0) is 19.2 Å². The monoisotopic (exact) mass is 390 g/mol. The van der Waals surface area contributed by atoms with Gasteiger partial charge in [0, 0.05) is 0 Å². The Morgan fingerprint density at radius 3 is 1.78 bits per heavy atom. The van der Waals surface area contributed by atoms with Gasteiger partial charge in [0.1, 0.15) is 18.1 Å². The van der Waals surface area contributed by atoms with Crippen molar-refractivity contribution in [3.8, 4) is 0 Å². The number of carboxylic acids is 1. The molecule has 0 aromatic rings. The predicted molar refractivity (Wildman–Crippen MR) is 95.3 cm³/mol. The van der Waals surface area contributed by atoms with Crippen molar-refractivity contribution in [1.29, 1.82) is 0 Å². The summed E-state index contributed by atoms with van der Waals surface area (Å²) in [6, 6.07) is -4.92. The van der Waals surface area contributed by atoms with Crippen molar-refractivity contribution in [3.05, 3.63) is 0 Å². The van der Waals surface area contributed by atoms with Crippen LogP contribution in [-0.4, -0.2) is 75.9 Å². The van der Waals surface area contributed by atoms with Crippen LogP contribution in [0.2, 0.25) is 0 Å². The third-order valence-electron chi connectivity index (χ3n) is 4.07. The van der Waals surface area contributed by atoms with Crippen LogP contribution >= 0.6 is 0 Å². The lowest BCUT2D eigenvalue weighted by molar-refractivity contribution is -0.143. The molecule has 0 fully saturated rings. The predicted octanol–water partition coefficient (Wildman–Crippen LogP) is -2.71. The fourth-order valence-electron chi connectivity index (χ4n) is 2.08. The summed E-state index contributed by atoms with van der Waals surface area (Å²) in [6.45, 7) is 5.31. The number of carboxylic acid groups (broad SMARTS) is 1. The molecule has 0 rings (SSSR count). The van der Waals surface area contributed by atoms with Gasteiger partial charge in [0.2, 0.25) is 17.7 Å². The van der Waals surface area contributed by atoms with Crippen molar-refractivity contribution in [2.45, 2.75) is 64.4 Å². The van der Waals surface area contributed by atoms with Gasteiger partial charge >= 0.3 is 5.97 Å². The Hall–Kier alpha value is -2.24. The number of nitrogens with one attached hydrogen (secondary N) is 3. The van der Waals surface area contributed by atoms with E-state index in [1.807, 2.05) is 0 Å². The highest BCUT2D eigenvalue weighted by atomic mass is 16.4. The Morgan fingerprint density at radius 1 is 0.926 bits per heavy atom. The molecule has 11 nitrogen and oxygen atoms in total. The summed E-state index contributed by atoms with van der Waals surface area (Å²) in [5.41, 5.74) is 5.43. The average molecular weight is 390 g/mol. The number of aliphatic hydroxyl groups is 2. The van der Waals surface area contributed by atoms with Crippen LogP contribution < -0.4 is 21.7 Å². The Labute approximate surface area is 157 Å². The van der Waals surface area contributed by atoms with Gasteiger partial charge in [-0.3, -0.25) is 14.4 Å². The molecule has 6 atom stereocenters. The summed E-state index contributed by atoms with van der Waals surface area (Å²) in [5.74, 6) is -4.10. The van der Waals surface area contributed by atoms with Crippen molar-refractivity contribution < 1.29 is 34.5 Å². The van der Waals surface area contributed by atoms with Gasteiger partial charge in [0.05, 0.1) is 18.8 Å². The van der Waals surface area contributed by atoms with E-state index in [0.29, 0.717) is 6.42 Å². The van der Waals surface area contributed by atoms with E-state index in [1.54, 1.807) is 13.8 Å². The molecule has 0 aliphatic carbocycles. The van der Waals surface area contributed by atoms with Crippen molar-refractivity contribution in [2.24, 2.45) is 11.7 Å². The molecule has 0 saturated carbocycles. The average Bonchev–Trinajstić information content (AvgIpc) is 2.59. The van der Waals surface area contributed by atoms with Crippen LogP contribution in [0.3, 0.4) is 0 Å². The quantitative estimate of drug-likeness (QED) is 0.198. The Kier molecular flexibility index (Phi) is 10.5. The second-order valence-corrected chi connectivity index (χ2v) is 6.47. The highest BCUT2D eigenvalue weighted by Crippen LogP contribution is 2.09. The van der Waals surface area contributed by atoms with E-state index in [-0.39, 0.29) is 5.92 Å². The fraction of sp³-hybridized carbons (Fsp3) is 0.750. The van der Waals surface area contributed by atoms with E-state index in [9.17, 15) is 24.3 Å². The van der Waals surface area contributed by atoms with Gasteiger partial charge in [-0.1, -0.05) is 20.3 Å². The SMILES string of the molecule is CCC(C)C(NC(=O)C(NC(=O)C(C)N)C(C)O)C(=O)NC(CO)C(=O)O. The summed E-state index contributed by atoms with van der Waals surface area (Å²) in [5, 5.41) is 34.6. The first-order valence-electron chi connectivity index (χ1n) is 8.64. The molecule has 3 amide bonds. The lowest BCUT2D eigenvalue weighted by Gasteiger charge is -2.28. The molecule has 0 bridgehead atoms. The second-order valence-electron chi connectivity index (χ2n) is 6.47. The first-order valence-corrected chi connectivity index (χ1v) is 8.64. The minimum Gasteiger partial charge on any atom is -0.480 e. The van der Waals surface area contributed by atoms with Crippen LogP contribution in [0.1, 0.15) is 34.1 Å². The number of carbonyl (C=O) groups is 4. The number of nitrogens with two attached hydrogens (primary N) is 1. The van der Waals surface area contributed by atoms with Crippen LogP contribution in [0.25, 0.3) is 0 Å². The van der Waals surface area contributed by atoms with Crippen LogP contribution in [0, 0.1) is 5.92 Å². The van der Waals surface area contributed by atoms with Crippen molar-refractivity contribution in [1.82, 2.24) is 16.0 Å². The zero-order chi connectivity index (χ0) is 21.3. The molecule has 0 radical (unpaired) electrons. The smallest absolute Gasteiger partial charge is 0.328 e. The Morgan fingerprint density at radius 2 is 1.41 bits per heavy atom. The van der Waals surface area contributed by atoms with Gasteiger partial charge in [-0.15, -0.1) is 0 Å². The van der Waals surface area contributed by atoms with E-state index in [4.69, 9.17) is 15.9 Å².